The van der Waals surface area contributed by atoms with Crippen molar-refractivity contribution >= 4 is 5.91 Å². The number of aliphatic hydroxyl groups excluding tert-OH is 1. The molecule has 4 rings (SSSR count). The monoisotopic (exact) mass is 418 g/mol. The normalized spacial score (nSPS) is 30.3. The lowest BCUT2D eigenvalue weighted by Gasteiger charge is -2.53. The summed E-state index contributed by atoms with van der Waals surface area (Å²) in [7, 11) is 0. The maximum Gasteiger partial charge on any atom is 0.270 e. The van der Waals surface area contributed by atoms with Crippen LogP contribution in [0.5, 0.6) is 0 Å². The minimum absolute atomic E-state index is 0.253. The van der Waals surface area contributed by atoms with E-state index in [1.54, 1.807) is 24.4 Å². The molecule has 2 N–H and O–H groups in total. The quantitative estimate of drug-likeness (QED) is 0.721. The number of ether oxygens (including phenoxy) is 2. The second kappa shape index (κ2) is 9.28. The van der Waals surface area contributed by atoms with Crippen LogP contribution in [-0.2, 0) is 9.47 Å². The van der Waals surface area contributed by atoms with Gasteiger partial charge in [-0.3, -0.25) is 14.7 Å². The van der Waals surface area contributed by atoms with Crippen LogP contribution in [0, 0.1) is 0 Å². The van der Waals surface area contributed by atoms with Crippen molar-refractivity contribution in [3.63, 3.8) is 0 Å². The van der Waals surface area contributed by atoms with Gasteiger partial charge in [0.15, 0.2) is 0 Å². The Morgan fingerprint density at radius 3 is 2.50 bits per heavy atom. The molecule has 3 saturated heterocycles. The van der Waals surface area contributed by atoms with Crippen molar-refractivity contribution in [1.82, 2.24) is 20.1 Å². The molecule has 0 aromatic carbocycles. The average molecular weight is 419 g/mol. The molecule has 0 unspecified atom stereocenters. The molecule has 0 radical (unpaired) electrons. The predicted molar refractivity (Wildman–Crippen MR) is 112 cm³/mol. The molecule has 166 valence electrons. The molecule has 3 fully saturated rings. The maximum atomic E-state index is 12.7. The first-order valence-electron chi connectivity index (χ1n) is 11.1. The Balaban J connectivity index is 1.33. The number of nitrogens with one attached hydrogen (secondary N) is 1. The molecule has 3 aliphatic heterocycles. The van der Waals surface area contributed by atoms with Crippen LogP contribution in [0.4, 0.5) is 0 Å². The molecule has 3 aliphatic rings. The molecular weight excluding hydrogens is 384 g/mol. The molecular formula is C22H34N4O4. The first-order chi connectivity index (χ1) is 14.5. The highest BCUT2D eigenvalue weighted by atomic mass is 16.5. The van der Waals surface area contributed by atoms with Gasteiger partial charge in [-0.15, -0.1) is 0 Å². The number of hydrogen-bond donors (Lipinski definition) is 2. The van der Waals surface area contributed by atoms with Gasteiger partial charge in [-0.25, -0.2) is 0 Å². The average Bonchev–Trinajstić information content (AvgIpc) is 2.78. The van der Waals surface area contributed by atoms with Gasteiger partial charge >= 0.3 is 0 Å². The third-order valence-electron chi connectivity index (χ3n) is 6.95. The molecule has 8 nitrogen and oxygen atoms in total. The number of aliphatic hydroxyl groups is 1. The number of amides is 1. The summed E-state index contributed by atoms with van der Waals surface area (Å²) < 4.78 is 11.6. The Hall–Kier alpha value is -1.58. The van der Waals surface area contributed by atoms with Crippen LogP contribution in [0.25, 0.3) is 0 Å². The van der Waals surface area contributed by atoms with Gasteiger partial charge in [-0.05, 0) is 38.3 Å². The van der Waals surface area contributed by atoms with Gasteiger partial charge in [0.1, 0.15) is 11.8 Å². The number of likely N-dealkylation sites (tertiary alicyclic amines) is 1. The summed E-state index contributed by atoms with van der Waals surface area (Å²) in [5, 5.41) is 14.4. The number of rotatable bonds is 5. The van der Waals surface area contributed by atoms with E-state index in [4.69, 9.17) is 9.47 Å². The zero-order valence-corrected chi connectivity index (χ0v) is 17.9. The Bertz CT molecular complexity index is 704. The molecule has 1 spiro atoms. The van der Waals surface area contributed by atoms with Crippen LogP contribution in [-0.4, -0.2) is 102 Å². The maximum absolute atomic E-state index is 12.7. The van der Waals surface area contributed by atoms with E-state index in [2.05, 4.69) is 20.1 Å². The Morgan fingerprint density at radius 1 is 1.13 bits per heavy atom. The SMILES string of the molecule is C[C@@]1(NC(=O)c2ccccn2)CCOC2(CCN(CCN3CCOCC3)CC2)[C@H]1O. The Morgan fingerprint density at radius 2 is 1.83 bits per heavy atom. The summed E-state index contributed by atoms with van der Waals surface area (Å²) in [4.78, 5) is 21.7. The highest BCUT2D eigenvalue weighted by molar-refractivity contribution is 5.92. The fourth-order valence-corrected chi connectivity index (χ4v) is 4.89. The summed E-state index contributed by atoms with van der Waals surface area (Å²) in [5.41, 5.74) is -0.965. The van der Waals surface area contributed by atoms with Crippen molar-refractivity contribution in [3.8, 4) is 0 Å². The molecule has 2 atom stereocenters. The summed E-state index contributed by atoms with van der Waals surface area (Å²) in [6.07, 6.45) is 2.97. The summed E-state index contributed by atoms with van der Waals surface area (Å²) in [6.45, 7) is 9.99. The largest absolute Gasteiger partial charge is 0.388 e. The second-order valence-corrected chi connectivity index (χ2v) is 8.95. The van der Waals surface area contributed by atoms with Crippen LogP contribution in [0.15, 0.2) is 24.4 Å². The fraction of sp³-hybridized carbons (Fsp3) is 0.727. The van der Waals surface area contributed by atoms with E-state index in [-0.39, 0.29) is 5.91 Å². The van der Waals surface area contributed by atoms with Crippen molar-refractivity contribution in [2.75, 3.05) is 59.1 Å². The highest BCUT2D eigenvalue weighted by Crippen LogP contribution is 2.40. The van der Waals surface area contributed by atoms with Crippen molar-refractivity contribution in [2.24, 2.45) is 0 Å². The van der Waals surface area contributed by atoms with E-state index < -0.39 is 17.2 Å². The number of aromatic nitrogens is 1. The number of nitrogens with zero attached hydrogens (tertiary/aromatic N) is 3. The van der Waals surface area contributed by atoms with E-state index in [0.717, 1.165) is 65.3 Å². The van der Waals surface area contributed by atoms with Gasteiger partial charge in [0.25, 0.3) is 5.91 Å². The highest BCUT2D eigenvalue weighted by Gasteiger charge is 2.53. The minimum atomic E-state index is -0.757. The van der Waals surface area contributed by atoms with E-state index in [9.17, 15) is 9.90 Å². The van der Waals surface area contributed by atoms with Gasteiger partial charge in [-0.2, -0.15) is 0 Å². The number of carbonyl (C=O) groups is 1. The molecule has 8 heteroatoms. The molecule has 1 amide bonds. The topological polar surface area (TPSA) is 87.2 Å². The number of pyridine rings is 1. The van der Waals surface area contributed by atoms with Crippen LogP contribution in [0.3, 0.4) is 0 Å². The van der Waals surface area contributed by atoms with Crippen LogP contribution in [0.1, 0.15) is 36.7 Å². The zero-order valence-electron chi connectivity index (χ0n) is 17.9. The van der Waals surface area contributed by atoms with Crippen LogP contribution >= 0.6 is 0 Å². The van der Waals surface area contributed by atoms with Gasteiger partial charge in [-0.1, -0.05) is 6.07 Å². The standard InChI is InChI=1S/C22H34N4O4/c1-21(24-19(27)18-4-2-3-8-23-18)7-15-30-22(20(21)28)5-9-25(10-6-22)11-12-26-13-16-29-17-14-26/h2-4,8,20,28H,5-7,9-17H2,1H3,(H,24,27)/t20-,21+/m0/s1. The third-order valence-corrected chi connectivity index (χ3v) is 6.95. The van der Waals surface area contributed by atoms with Crippen LogP contribution in [0.2, 0.25) is 0 Å². The van der Waals surface area contributed by atoms with Gasteiger partial charge in [0.2, 0.25) is 0 Å². The van der Waals surface area contributed by atoms with Crippen molar-refractivity contribution in [3.05, 3.63) is 30.1 Å². The third kappa shape index (κ3) is 4.68. The molecule has 1 aromatic rings. The minimum Gasteiger partial charge on any atom is -0.388 e. The van der Waals surface area contributed by atoms with Gasteiger partial charge in [0, 0.05) is 52.1 Å². The van der Waals surface area contributed by atoms with E-state index >= 15 is 0 Å². The first-order valence-corrected chi connectivity index (χ1v) is 11.1. The lowest BCUT2D eigenvalue weighted by molar-refractivity contribution is -0.205. The van der Waals surface area contributed by atoms with E-state index in [1.807, 2.05) is 6.92 Å². The van der Waals surface area contributed by atoms with Crippen molar-refractivity contribution in [2.45, 2.75) is 43.4 Å². The summed E-state index contributed by atoms with van der Waals surface area (Å²) in [5.74, 6) is -0.253. The molecule has 30 heavy (non-hydrogen) atoms. The molecule has 0 bridgehead atoms. The molecule has 0 aliphatic carbocycles. The Kier molecular flexibility index (Phi) is 6.69. The number of morpholine rings is 1. The lowest BCUT2D eigenvalue weighted by atomic mass is 9.73. The van der Waals surface area contributed by atoms with E-state index in [1.165, 1.54) is 0 Å². The Labute approximate surface area is 178 Å². The number of hydrogen-bond acceptors (Lipinski definition) is 7. The van der Waals surface area contributed by atoms with Crippen molar-refractivity contribution in [1.29, 1.82) is 0 Å². The van der Waals surface area contributed by atoms with Gasteiger partial charge in [0.05, 0.1) is 24.4 Å². The lowest BCUT2D eigenvalue weighted by Crippen LogP contribution is -2.69. The van der Waals surface area contributed by atoms with Crippen LogP contribution < -0.4 is 5.32 Å². The fourth-order valence-electron chi connectivity index (χ4n) is 4.89. The van der Waals surface area contributed by atoms with Crippen molar-refractivity contribution < 1.29 is 19.4 Å². The predicted octanol–water partition coefficient (Wildman–Crippen LogP) is 0.518. The molecule has 0 saturated carbocycles. The van der Waals surface area contributed by atoms with Gasteiger partial charge < -0.3 is 24.8 Å². The number of piperidine rings is 1. The second-order valence-electron chi connectivity index (χ2n) is 8.95. The van der Waals surface area contributed by atoms with E-state index in [0.29, 0.717) is 18.7 Å². The zero-order chi connectivity index (χ0) is 21.0. The summed E-state index contributed by atoms with van der Waals surface area (Å²) >= 11 is 0. The summed E-state index contributed by atoms with van der Waals surface area (Å²) in [6, 6.07) is 5.26. The molecule has 4 heterocycles. The number of carbonyl (C=O) groups excluding carboxylic acids is 1. The smallest absolute Gasteiger partial charge is 0.270 e. The molecule has 1 aromatic heterocycles. The first kappa shape index (κ1) is 21.6.